The molecule has 1 aromatic rings. The molecule has 1 aliphatic heterocycles. The molecule has 3 unspecified atom stereocenters. The van der Waals surface area contributed by atoms with Crippen LogP contribution in [-0.2, 0) is 20.9 Å². The highest BCUT2D eigenvalue weighted by Gasteiger charge is 2.47. The van der Waals surface area contributed by atoms with Gasteiger partial charge in [-0.3, -0.25) is 4.79 Å². The average molecular weight is 317 g/mol. The number of rotatable bonds is 5. The van der Waals surface area contributed by atoms with Crippen molar-refractivity contribution in [1.29, 1.82) is 0 Å². The first-order valence-corrected chi connectivity index (χ1v) is 8.32. The molecule has 2 fully saturated rings. The van der Waals surface area contributed by atoms with Gasteiger partial charge in [0, 0.05) is 6.04 Å². The number of carboxylic acid groups (broad SMARTS) is 1. The zero-order valence-electron chi connectivity index (χ0n) is 13.2. The van der Waals surface area contributed by atoms with Crippen molar-refractivity contribution in [3.8, 4) is 0 Å². The first kappa shape index (κ1) is 16.0. The summed E-state index contributed by atoms with van der Waals surface area (Å²) in [5.41, 5.74) is 1.01. The fraction of sp³-hybridized carbons (Fsp3) is 0.556. The minimum absolute atomic E-state index is 0.0537. The molecule has 1 heterocycles. The molecule has 1 aromatic carbocycles. The van der Waals surface area contributed by atoms with Gasteiger partial charge >= 0.3 is 5.97 Å². The van der Waals surface area contributed by atoms with E-state index in [1.165, 1.54) is 0 Å². The Morgan fingerprint density at radius 2 is 1.91 bits per heavy atom. The van der Waals surface area contributed by atoms with Crippen LogP contribution < -0.4 is 0 Å². The van der Waals surface area contributed by atoms with Crippen LogP contribution >= 0.6 is 0 Å². The van der Waals surface area contributed by atoms with Gasteiger partial charge in [0.1, 0.15) is 12.6 Å². The Bertz CT molecular complexity index is 559. The van der Waals surface area contributed by atoms with Gasteiger partial charge in [0.05, 0.1) is 6.61 Å². The molecule has 124 valence electrons. The maximum Gasteiger partial charge on any atom is 0.326 e. The number of ether oxygens (including phenoxy) is 1. The van der Waals surface area contributed by atoms with Gasteiger partial charge in [0.15, 0.2) is 0 Å². The molecule has 3 atom stereocenters. The molecule has 1 N–H and O–H groups in total. The second-order valence-electron chi connectivity index (χ2n) is 6.48. The van der Waals surface area contributed by atoms with E-state index in [1.807, 2.05) is 30.3 Å². The highest BCUT2D eigenvalue weighted by Crippen LogP contribution is 2.39. The second-order valence-corrected chi connectivity index (χ2v) is 6.48. The van der Waals surface area contributed by atoms with Crippen molar-refractivity contribution < 1.29 is 19.4 Å². The Morgan fingerprint density at radius 1 is 1.17 bits per heavy atom. The van der Waals surface area contributed by atoms with E-state index in [-0.39, 0.29) is 18.6 Å². The van der Waals surface area contributed by atoms with E-state index in [4.69, 9.17) is 4.74 Å². The number of fused-ring (bicyclic) bond motifs is 1. The Labute approximate surface area is 136 Å². The molecule has 3 rings (SSSR count). The molecule has 0 spiro atoms. The minimum Gasteiger partial charge on any atom is -0.480 e. The number of aliphatic carboxylic acids is 1. The number of carbonyl (C=O) groups excluding carboxylic acids is 1. The molecule has 1 saturated carbocycles. The fourth-order valence-electron chi connectivity index (χ4n) is 3.94. The van der Waals surface area contributed by atoms with Gasteiger partial charge in [-0.2, -0.15) is 0 Å². The number of amides is 1. The quantitative estimate of drug-likeness (QED) is 0.906. The van der Waals surface area contributed by atoms with Crippen molar-refractivity contribution in [1.82, 2.24) is 4.90 Å². The van der Waals surface area contributed by atoms with Gasteiger partial charge in [-0.05, 0) is 30.7 Å². The van der Waals surface area contributed by atoms with E-state index in [0.717, 1.165) is 31.2 Å². The van der Waals surface area contributed by atoms with Crippen molar-refractivity contribution in [3.63, 3.8) is 0 Å². The lowest BCUT2D eigenvalue weighted by Crippen LogP contribution is -2.47. The van der Waals surface area contributed by atoms with Crippen LogP contribution in [0.3, 0.4) is 0 Å². The molecule has 1 amide bonds. The number of likely N-dealkylation sites (tertiary alicyclic amines) is 1. The van der Waals surface area contributed by atoms with Crippen LogP contribution in [0.5, 0.6) is 0 Å². The van der Waals surface area contributed by atoms with Crippen molar-refractivity contribution in [2.45, 2.75) is 50.8 Å². The van der Waals surface area contributed by atoms with Gasteiger partial charge in [-0.15, -0.1) is 0 Å². The molecule has 1 aliphatic carbocycles. The van der Waals surface area contributed by atoms with E-state index in [9.17, 15) is 14.7 Å². The molecule has 0 bridgehead atoms. The molecule has 0 radical (unpaired) electrons. The first-order valence-electron chi connectivity index (χ1n) is 8.32. The van der Waals surface area contributed by atoms with Crippen molar-refractivity contribution in [3.05, 3.63) is 35.9 Å². The Kier molecular flexibility index (Phi) is 4.96. The number of carboxylic acids is 1. The van der Waals surface area contributed by atoms with Crippen LogP contribution in [0.4, 0.5) is 0 Å². The topological polar surface area (TPSA) is 66.8 Å². The molecule has 23 heavy (non-hydrogen) atoms. The summed E-state index contributed by atoms with van der Waals surface area (Å²) in [6.45, 7) is 0.314. The highest BCUT2D eigenvalue weighted by molar-refractivity contribution is 5.85. The number of nitrogens with zero attached hydrogens (tertiary/aromatic N) is 1. The summed E-state index contributed by atoms with van der Waals surface area (Å²) < 4.78 is 5.52. The van der Waals surface area contributed by atoms with Crippen molar-refractivity contribution in [2.75, 3.05) is 6.61 Å². The average Bonchev–Trinajstić information content (AvgIpc) is 2.95. The fourth-order valence-corrected chi connectivity index (χ4v) is 3.94. The van der Waals surface area contributed by atoms with Gasteiger partial charge < -0.3 is 14.7 Å². The van der Waals surface area contributed by atoms with Crippen LogP contribution in [0.2, 0.25) is 0 Å². The van der Waals surface area contributed by atoms with Gasteiger partial charge in [0.2, 0.25) is 5.91 Å². The third-order valence-corrected chi connectivity index (χ3v) is 5.00. The molecule has 2 aliphatic rings. The normalized spacial score (nSPS) is 26.8. The van der Waals surface area contributed by atoms with Crippen LogP contribution in [0.15, 0.2) is 30.3 Å². The first-order chi connectivity index (χ1) is 11.2. The van der Waals surface area contributed by atoms with E-state index in [2.05, 4.69) is 0 Å². The summed E-state index contributed by atoms with van der Waals surface area (Å²) in [6.07, 6.45) is 4.74. The monoisotopic (exact) mass is 317 g/mol. The smallest absolute Gasteiger partial charge is 0.326 e. The lowest BCUT2D eigenvalue weighted by Gasteiger charge is -2.32. The molecule has 0 aromatic heterocycles. The predicted molar refractivity (Wildman–Crippen MR) is 84.7 cm³/mol. The summed E-state index contributed by atoms with van der Waals surface area (Å²) in [7, 11) is 0. The zero-order valence-corrected chi connectivity index (χ0v) is 13.2. The van der Waals surface area contributed by atoms with Crippen LogP contribution in [-0.4, -0.2) is 40.6 Å². The molecule has 5 heteroatoms. The van der Waals surface area contributed by atoms with Gasteiger partial charge in [-0.1, -0.05) is 43.2 Å². The second kappa shape index (κ2) is 7.13. The molecular weight excluding hydrogens is 294 g/mol. The number of hydrogen-bond acceptors (Lipinski definition) is 3. The third kappa shape index (κ3) is 3.55. The zero-order chi connectivity index (χ0) is 16.2. The summed E-state index contributed by atoms with van der Waals surface area (Å²) in [4.78, 5) is 25.7. The molecular formula is C18H23NO4. The SMILES string of the molecule is O=C(O)C1CC2CCCCC2N1C(=O)COCc1ccccc1. The van der Waals surface area contributed by atoms with Gasteiger partial charge in [0.25, 0.3) is 0 Å². The maximum absolute atomic E-state index is 12.5. The lowest BCUT2D eigenvalue weighted by atomic mass is 9.85. The van der Waals surface area contributed by atoms with Crippen molar-refractivity contribution in [2.24, 2.45) is 5.92 Å². The number of benzene rings is 1. The predicted octanol–water partition coefficient (Wildman–Crippen LogP) is 2.45. The largest absolute Gasteiger partial charge is 0.480 e. The third-order valence-electron chi connectivity index (χ3n) is 5.00. The van der Waals surface area contributed by atoms with Crippen LogP contribution in [0.1, 0.15) is 37.7 Å². The van der Waals surface area contributed by atoms with E-state index >= 15 is 0 Å². The Hall–Kier alpha value is -1.88. The van der Waals surface area contributed by atoms with Crippen molar-refractivity contribution >= 4 is 11.9 Å². The van der Waals surface area contributed by atoms with Crippen LogP contribution in [0.25, 0.3) is 0 Å². The summed E-state index contributed by atoms with van der Waals surface area (Å²) >= 11 is 0. The van der Waals surface area contributed by atoms with E-state index in [0.29, 0.717) is 18.9 Å². The lowest BCUT2D eigenvalue weighted by molar-refractivity contribution is -0.152. The number of carbonyl (C=O) groups is 2. The number of hydrogen-bond donors (Lipinski definition) is 1. The van der Waals surface area contributed by atoms with Gasteiger partial charge in [-0.25, -0.2) is 4.79 Å². The van der Waals surface area contributed by atoms with E-state index < -0.39 is 12.0 Å². The highest BCUT2D eigenvalue weighted by atomic mass is 16.5. The van der Waals surface area contributed by atoms with E-state index in [1.54, 1.807) is 4.90 Å². The maximum atomic E-state index is 12.5. The standard InChI is InChI=1S/C18H23NO4/c20-17(12-23-11-13-6-2-1-3-7-13)19-15-9-5-4-8-14(15)10-16(19)18(21)22/h1-3,6-7,14-16H,4-5,8-12H2,(H,21,22). The summed E-state index contributed by atoms with van der Waals surface area (Å²) in [5, 5.41) is 9.45. The minimum atomic E-state index is -0.893. The molecule has 1 saturated heterocycles. The Balaban J connectivity index is 1.60. The van der Waals surface area contributed by atoms with Crippen LogP contribution in [0, 0.1) is 5.92 Å². The molecule has 5 nitrogen and oxygen atoms in total. The Morgan fingerprint density at radius 3 is 2.65 bits per heavy atom. The summed E-state index contributed by atoms with van der Waals surface area (Å²) in [6, 6.07) is 9.06. The summed E-state index contributed by atoms with van der Waals surface area (Å²) in [5.74, 6) is -0.749.